The molecule has 0 bridgehead atoms. The minimum atomic E-state index is -1.19. The van der Waals surface area contributed by atoms with E-state index in [4.69, 9.17) is 14.3 Å². The van der Waals surface area contributed by atoms with Crippen molar-refractivity contribution < 1.29 is 23.8 Å². The van der Waals surface area contributed by atoms with E-state index >= 15 is 0 Å². The quantitative estimate of drug-likeness (QED) is 0.845. The largest absolute Gasteiger partial charge is 0.497 e. The highest BCUT2D eigenvalue weighted by Crippen LogP contribution is 2.33. The van der Waals surface area contributed by atoms with Crippen molar-refractivity contribution in [2.45, 2.75) is 12.5 Å². The topological polar surface area (TPSA) is 92.3 Å². The van der Waals surface area contributed by atoms with Crippen LogP contribution in [0.4, 0.5) is 0 Å². The Kier molecular flexibility index (Phi) is 4.65. The van der Waals surface area contributed by atoms with Crippen LogP contribution >= 0.6 is 0 Å². The molecule has 0 saturated heterocycles. The normalized spacial score (nSPS) is 16.9. The molecule has 0 aliphatic carbocycles. The Bertz CT molecular complexity index is 822. The third kappa shape index (κ3) is 3.60. The lowest BCUT2D eigenvalue weighted by molar-refractivity contribution is -0.132. The number of hydrazone groups is 1. The van der Waals surface area contributed by atoms with E-state index in [1.54, 1.807) is 19.2 Å². The Morgan fingerprint density at radius 1 is 1.28 bits per heavy atom. The van der Waals surface area contributed by atoms with Crippen LogP contribution in [0.1, 0.15) is 23.8 Å². The number of carboxylic acids is 1. The molecule has 1 unspecified atom stereocenters. The molecule has 1 atom stereocenters. The summed E-state index contributed by atoms with van der Waals surface area (Å²) in [5.74, 6) is -0.402. The summed E-state index contributed by atoms with van der Waals surface area (Å²) in [6, 6.07) is 10.4. The van der Waals surface area contributed by atoms with Gasteiger partial charge in [0.15, 0.2) is 0 Å². The molecule has 25 heavy (non-hydrogen) atoms. The Labute approximate surface area is 143 Å². The second-order valence-corrected chi connectivity index (χ2v) is 5.36. The predicted molar refractivity (Wildman–Crippen MR) is 89.2 cm³/mol. The molecule has 0 spiro atoms. The van der Waals surface area contributed by atoms with Gasteiger partial charge in [-0.15, -0.1) is 0 Å². The molecular formula is C18H16N2O5. The maximum absolute atomic E-state index is 12.3. The van der Waals surface area contributed by atoms with Crippen molar-refractivity contribution in [3.63, 3.8) is 0 Å². The summed E-state index contributed by atoms with van der Waals surface area (Å²) in [6.07, 6.45) is 3.77. The predicted octanol–water partition coefficient (Wildman–Crippen LogP) is 2.61. The smallest absolute Gasteiger partial charge is 0.328 e. The number of aliphatic carboxylic acids is 1. The maximum atomic E-state index is 12.3. The molecule has 2 heterocycles. The highest BCUT2D eigenvalue weighted by molar-refractivity contribution is 6.04. The average molecular weight is 340 g/mol. The van der Waals surface area contributed by atoms with Gasteiger partial charge in [-0.2, -0.15) is 5.10 Å². The fourth-order valence-electron chi connectivity index (χ4n) is 2.59. The van der Waals surface area contributed by atoms with E-state index < -0.39 is 17.9 Å². The van der Waals surface area contributed by atoms with Crippen LogP contribution in [0.15, 0.2) is 64.3 Å². The number of carbonyl (C=O) groups excluding carboxylic acids is 1. The summed E-state index contributed by atoms with van der Waals surface area (Å²) in [4.78, 5) is 23.0. The van der Waals surface area contributed by atoms with Crippen molar-refractivity contribution in [1.82, 2.24) is 5.01 Å². The summed E-state index contributed by atoms with van der Waals surface area (Å²) in [6.45, 7) is 0. The maximum Gasteiger partial charge on any atom is 0.328 e. The first-order chi connectivity index (χ1) is 12.1. The van der Waals surface area contributed by atoms with Crippen molar-refractivity contribution in [2.75, 3.05) is 7.11 Å². The summed E-state index contributed by atoms with van der Waals surface area (Å²) >= 11 is 0. The lowest BCUT2D eigenvalue weighted by Gasteiger charge is -2.17. The second kappa shape index (κ2) is 7.04. The van der Waals surface area contributed by atoms with E-state index in [0.29, 0.717) is 17.9 Å². The fraction of sp³-hybridized carbons (Fsp3) is 0.167. The van der Waals surface area contributed by atoms with Gasteiger partial charge in [-0.05, 0) is 42.0 Å². The number of furan rings is 1. The van der Waals surface area contributed by atoms with Crippen molar-refractivity contribution in [3.8, 4) is 5.75 Å². The van der Waals surface area contributed by atoms with Crippen molar-refractivity contribution in [2.24, 2.45) is 5.10 Å². The molecule has 0 radical (unpaired) electrons. The van der Waals surface area contributed by atoms with Gasteiger partial charge in [0.2, 0.25) is 0 Å². The lowest BCUT2D eigenvalue weighted by atomic mass is 10.0. The number of ether oxygens (including phenoxy) is 1. The van der Waals surface area contributed by atoms with Crippen molar-refractivity contribution in [1.29, 1.82) is 0 Å². The van der Waals surface area contributed by atoms with Gasteiger partial charge >= 0.3 is 5.97 Å². The molecule has 1 aromatic heterocycles. The second-order valence-electron chi connectivity index (χ2n) is 5.36. The zero-order valence-corrected chi connectivity index (χ0v) is 13.5. The van der Waals surface area contributed by atoms with Crippen LogP contribution in [-0.4, -0.2) is 34.8 Å². The highest BCUT2D eigenvalue weighted by atomic mass is 16.5. The monoisotopic (exact) mass is 340 g/mol. The zero-order valence-electron chi connectivity index (χ0n) is 13.5. The minimum absolute atomic E-state index is 0.418. The number of hydrogen-bond donors (Lipinski definition) is 1. The molecule has 7 nitrogen and oxygen atoms in total. The Hall–Kier alpha value is -3.35. The Morgan fingerprint density at radius 2 is 2.04 bits per heavy atom. The number of benzene rings is 1. The van der Waals surface area contributed by atoms with Gasteiger partial charge in [-0.1, -0.05) is 0 Å². The molecule has 1 N–H and O–H groups in total. The summed E-state index contributed by atoms with van der Waals surface area (Å²) in [5.41, 5.74) is 1.57. The first-order valence-corrected chi connectivity index (χ1v) is 7.58. The molecule has 1 aliphatic heterocycles. The van der Waals surface area contributed by atoms with E-state index in [2.05, 4.69) is 5.10 Å². The first-order valence-electron chi connectivity index (χ1n) is 7.58. The van der Waals surface area contributed by atoms with Gasteiger partial charge in [-0.25, -0.2) is 9.80 Å². The molecule has 0 saturated carbocycles. The molecule has 1 aliphatic rings. The molecule has 7 heteroatoms. The van der Waals surface area contributed by atoms with Gasteiger partial charge < -0.3 is 14.3 Å². The number of carboxylic acid groups (broad SMARTS) is 1. The molecular weight excluding hydrogens is 324 g/mol. The number of amides is 1. The van der Waals surface area contributed by atoms with E-state index in [1.807, 2.05) is 24.3 Å². The standard InChI is InChI=1S/C18H16N2O5/c1-24-13-6-4-12(5-7-13)14-11-15(16-3-2-10-25-16)20(19-14)17(21)8-9-18(22)23/h2-10,15H,11H2,1H3,(H,22,23). The molecule has 0 fully saturated rings. The molecule has 2 aromatic rings. The van der Waals surface area contributed by atoms with E-state index in [-0.39, 0.29) is 0 Å². The van der Waals surface area contributed by atoms with Crippen LogP contribution in [0.2, 0.25) is 0 Å². The van der Waals surface area contributed by atoms with E-state index in [1.165, 1.54) is 11.3 Å². The van der Waals surface area contributed by atoms with Crippen molar-refractivity contribution in [3.05, 3.63) is 66.1 Å². The number of nitrogens with zero attached hydrogens (tertiary/aromatic N) is 2. The van der Waals surface area contributed by atoms with Crippen LogP contribution in [0.25, 0.3) is 0 Å². The average Bonchev–Trinajstić information content (AvgIpc) is 3.29. The lowest BCUT2D eigenvalue weighted by Crippen LogP contribution is -2.25. The number of hydrogen-bond acceptors (Lipinski definition) is 5. The van der Waals surface area contributed by atoms with Gasteiger partial charge in [0.25, 0.3) is 5.91 Å². The Morgan fingerprint density at radius 3 is 2.64 bits per heavy atom. The van der Waals surface area contributed by atoms with Crippen LogP contribution < -0.4 is 4.74 Å². The van der Waals surface area contributed by atoms with Crippen LogP contribution in [0, 0.1) is 0 Å². The summed E-state index contributed by atoms with van der Waals surface area (Å²) in [7, 11) is 1.59. The number of carbonyl (C=O) groups is 2. The van der Waals surface area contributed by atoms with Crippen LogP contribution in [0.3, 0.4) is 0 Å². The molecule has 1 amide bonds. The van der Waals surface area contributed by atoms with Gasteiger partial charge in [0.05, 0.1) is 19.1 Å². The van der Waals surface area contributed by atoms with E-state index in [0.717, 1.165) is 23.5 Å². The van der Waals surface area contributed by atoms with Gasteiger partial charge in [0.1, 0.15) is 17.6 Å². The summed E-state index contributed by atoms with van der Waals surface area (Å²) in [5, 5.41) is 14.3. The number of rotatable bonds is 5. The highest BCUT2D eigenvalue weighted by Gasteiger charge is 2.34. The third-order valence-corrected chi connectivity index (χ3v) is 3.80. The first kappa shape index (κ1) is 16.5. The molecule has 3 rings (SSSR count). The number of methoxy groups -OCH3 is 1. The van der Waals surface area contributed by atoms with Crippen LogP contribution in [-0.2, 0) is 9.59 Å². The minimum Gasteiger partial charge on any atom is -0.497 e. The zero-order chi connectivity index (χ0) is 17.8. The van der Waals surface area contributed by atoms with Gasteiger partial charge in [0, 0.05) is 18.6 Å². The van der Waals surface area contributed by atoms with Crippen LogP contribution in [0.5, 0.6) is 5.75 Å². The molecule has 128 valence electrons. The summed E-state index contributed by atoms with van der Waals surface area (Å²) < 4.78 is 10.6. The third-order valence-electron chi connectivity index (χ3n) is 3.80. The molecule has 1 aromatic carbocycles. The van der Waals surface area contributed by atoms with Crippen molar-refractivity contribution >= 4 is 17.6 Å². The van der Waals surface area contributed by atoms with Gasteiger partial charge in [-0.3, -0.25) is 4.79 Å². The SMILES string of the molecule is COc1ccc(C2=NN(C(=O)C=CC(=O)O)C(c3ccco3)C2)cc1. The Balaban J connectivity index is 1.90. The van der Waals surface area contributed by atoms with E-state index in [9.17, 15) is 9.59 Å². The fourth-order valence-corrected chi connectivity index (χ4v) is 2.59.